The van der Waals surface area contributed by atoms with Crippen molar-refractivity contribution in [3.8, 4) is 0 Å². The van der Waals surface area contributed by atoms with Gasteiger partial charge >= 0.3 is 6.09 Å². The topological polar surface area (TPSA) is 79.0 Å². The lowest BCUT2D eigenvalue weighted by molar-refractivity contribution is -0.114. The molecule has 1 heterocycles. The van der Waals surface area contributed by atoms with Crippen molar-refractivity contribution < 1.29 is 22.9 Å². The second-order valence-electron chi connectivity index (χ2n) is 7.03. The summed E-state index contributed by atoms with van der Waals surface area (Å²) in [5, 5.41) is 2.34. The van der Waals surface area contributed by atoms with Crippen molar-refractivity contribution in [3.05, 3.63) is 36.7 Å². The van der Waals surface area contributed by atoms with E-state index in [1.165, 1.54) is 0 Å². The van der Waals surface area contributed by atoms with E-state index in [-0.39, 0.29) is 6.09 Å². The zero-order chi connectivity index (χ0) is 20.2. The van der Waals surface area contributed by atoms with Gasteiger partial charge in [-0.25, -0.2) is 17.7 Å². The third-order valence-electron chi connectivity index (χ3n) is 3.69. The van der Waals surface area contributed by atoms with Gasteiger partial charge < -0.3 is 15.0 Å². The molecule has 1 unspecified atom stereocenters. The lowest BCUT2D eigenvalue weighted by Crippen LogP contribution is -2.50. The number of nitrogens with one attached hydrogen (secondary N) is 1. The predicted octanol–water partition coefficient (Wildman–Crippen LogP) is 2.68. The van der Waals surface area contributed by atoms with Crippen LogP contribution in [0.15, 0.2) is 41.6 Å². The van der Waals surface area contributed by atoms with Gasteiger partial charge in [-0.1, -0.05) is 6.58 Å². The van der Waals surface area contributed by atoms with Crippen LogP contribution in [0, 0.1) is 0 Å². The minimum absolute atomic E-state index is 0.373. The van der Waals surface area contributed by atoms with Crippen molar-refractivity contribution >= 4 is 28.7 Å². The largest absolute Gasteiger partial charge is 0.444 e. The number of hydrogen-bond donors (Lipinski definition) is 1. The maximum Gasteiger partial charge on any atom is 0.410 e. The Morgan fingerprint density at radius 3 is 2.19 bits per heavy atom. The molecule has 1 saturated heterocycles. The van der Waals surface area contributed by atoms with Crippen LogP contribution in [0.25, 0.3) is 0 Å². The Morgan fingerprint density at radius 2 is 1.70 bits per heavy atom. The van der Waals surface area contributed by atoms with Crippen LogP contribution in [-0.2, 0) is 20.5 Å². The minimum Gasteiger partial charge on any atom is -0.444 e. The summed E-state index contributed by atoms with van der Waals surface area (Å²) in [6, 6.07) is 6.30. The molecule has 148 valence electrons. The van der Waals surface area contributed by atoms with Gasteiger partial charge in [0.2, 0.25) is 0 Å². The van der Waals surface area contributed by atoms with E-state index in [9.17, 15) is 18.2 Å². The number of halogens is 1. The van der Waals surface area contributed by atoms with Crippen LogP contribution in [-0.4, -0.2) is 57.2 Å². The maximum absolute atomic E-state index is 12.7. The molecular weight excluding hydrogens is 373 g/mol. The zero-order valence-corrected chi connectivity index (χ0v) is 16.5. The van der Waals surface area contributed by atoms with Crippen LogP contribution in [0.1, 0.15) is 20.8 Å². The fourth-order valence-corrected chi connectivity index (χ4v) is 3.53. The number of piperazine rings is 1. The maximum atomic E-state index is 12.7. The highest BCUT2D eigenvalue weighted by Crippen LogP contribution is 2.18. The molecule has 1 atom stereocenters. The molecule has 0 spiro atoms. The van der Waals surface area contributed by atoms with Crippen molar-refractivity contribution in [2.75, 3.05) is 31.5 Å². The van der Waals surface area contributed by atoms with Crippen LogP contribution >= 0.6 is 0 Å². The van der Waals surface area contributed by atoms with Crippen LogP contribution < -0.4 is 5.32 Å². The fourth-order valence-electron chi connectivity index (χ4n) is 2.37. The number of carbonyl (C=O) groups excluding carboxylic acids is 2. The molecule has 1 aliphatic heterocycles. The van der Waals surface area contributed by atoms with Crippen molar-refractivity contribution in [2.45, 2.75) is 31.3 Å². The van der Waals surface area contributed by atoms with E-state index in [0.717, 1.165) is 0 Å². The van der Waals surface area contributed by atoms with Crippen LogP contribution in [0.4, 0.5) is 14.9 Å². The van der Waals surface area contributed by atoms with Gasteiger partial charge in [0, 0.05) is 31.9 Å². The van der Waals surface area contributed by atoms with Crippen molar-refractivity contribution in [1.82, 2.24) is 9.21 Å². The Labute approximate surface area is 160 Å². The van der Waals surface area contributed by atoms with Crippen LogP contribution in [0.3, 0.4) is 0 Å². The summed E-state index contributed by atoms with van der Waals surface area (Å²) in [6.07, 6.45) is -0.373. The van der Waals surface area contributed by atoms with Gasteiger partial charge in [-0.15, -0.1) is 0 Å². The third kappa shape index (κ3) is 6.14. The Kier molecular flexibility index (Phi) is 6.72. The van der Waals surface area contributed by atoms with Crippen LogP contribution in [0.5, 0.6) is 0 Å². The van der Waals surface area contributed by atoms with Gasteiger partial charge in [-0.05, 0) is 45.0 Å². The molecule has 0 bridgehead atoms. The Hall–Kier alpha value is -2.26. The van der Waals surface area contributed by atoms with Crippen LogP contribution in [0.2, 0.25) is 0 Å². The summed E-state index contributed by atoms with van der Waals surface area (Å²) < 4.78 is 32.5. The lowest BCUT2D eigenvalue weighted by Gasteiger charge is -2.34. The summed E-state index contributed by atoms with van der Waals surface area (Å²) in [5.41, 5.74) is -0.169. The van der Waals surface area contributed by atoms with Crippen molar-refractivity contribution in [2.24, 2.45) is 0 Å². The molecule has 1 aromatic rings. The average Bonchev–Trinajstić information content (AvgIpc) is 2.60. The van der Waals surface area contributed by atoms with Gasteiger partial charge in [0.1, 0.15) is 16.6 Å². The van der Waals surface area contributed by atoms with Gasteiger partial charge in [-0.2, -0.15) is 0 Å². The first kappa shape index (κ1) is 21.0. The normalized spacial score (nSPS) is 16.5. The van der Waals surface area contributed by atoms with E-state index in [0.29, 0.717) is 36.8 Å². The Bertz CT molecular complexity index is 738. The highest BCUT2D eigenvalue weighted by atomic mass is 32.2. The van der Waals surface area contributed by atoms with E-state index in [4.69, 9.17) is 4.74 Å². The molecule has 0 aromatic heterocycles. The van der Waals surface area contributed by atoms with Gasteiger partial charge in [-0.3, -0.25) is 4.79 Å². The molecule has 0 saturated carbocycles. The number of benzene rings is 1. The van der Waals surface area contributed by atoms with Crippen molar-refractivity contribution in [3.63, 3.8) is 0 Å². The molecule has 0 aliphatic carbocycles. The number of nitrogens with zero attached hydrogens (tertiary/aromatic N) is 2. The van der Waals surface area contributed by atoms with E-state index in [1.807, 2.05) is 20.8 Å². The molecule has 9 heteroatoms. The number of anilines is 1. The molecular formula is C18H24FN3O4S. The molecule has 2 amide bonds. The summed E-state index contributed by atoms with van der Waals surface area (Å²) in [6.45, 7) is 10.1. The Balaban J connectivity index is 1.91. The smallest absolute Gasteiger partial charge is 0.410 e. The van der Waals surface area contributed by atoms with E-state index in [2.05, 4.69) is 11.9 Å². The number of carbonyl (C=O) groups is 2. The second-order valence-corrected chi connectivity index (χ2v) is 8.52. The highest BCUT2D eigenvalue weighted by Gasteiger charge is 2.28. The molecule has 1 aliphatic rings. The highest BCUT2D eigenvalue weighted by molar-refractivity contribution is 7.82. The monoisotopic (exact) mass is 397 g/mol. The number of amides is 2. The third-order valence-corrected chi connectivity index (χ3v) is 5.19. The summed E-state index contributed by atoms with van der Waals surface area (Å²) in [7, 11) is -1.40. The first-order valence-electron chi connectivity index (χ1n) is 8.47. The first-order valence-corrected chi connectivity index (χ1v) is 9.58. The second kappa shape index (κ2) is 8.62. The molecule has 1 aromatic carbocycles. The number of ether oxygens (including phenoxy) is 1. The van der Waals surface area contributed by atoms with E-state index >= 15 is 0 Å². The average molecular weight is 397 g/mol. The zero-order valence-electron chi connectivity index (χ0n) is 15.7. The van der Waals surface area contributed by atoms with Gasteiger partial charge in [0.15, 0.2) is 5.83 Å². The molecule has 1 N–H and O–H groups in total. The summed E-state index contributed by atoms with van der Waals surface area (Å²) in [4.78, 5) is 25.5. The van der Waals surface area contributed by atoms with Crippen molar-refractivity contribution in [1.29, 1.82) is 0 Å². The standard InChI is InChI=1S/C18H24FN3O4S/c1-13(19)16(23)20-14-5-7-15(8-6-14)27(25)22-11-9-21(10-12-22)17(24)26-18(2,3)4/h5-8H,1,9-12H2,2-4H3,(H,20,23). The molecule has 0 radical (unpaired) electrons. The molecule has 1 fully saturated rings. The quantitative estimate of drug-likeness (QED) is 0.793. The van der Waals surface area contributed by atoms with Gasteiger partial charge in [0.25, 0.3) is 5.91 Å². The van der Waals surface area contributed by atoms with E-state index < -0.39 is 28.3 Å². The number of rotatable bonds is 4. The molecule has 7 nitrogen and oxygen atoms in total. The fraction of sp³-hybridized carbons (Fsp3) is 0.444. The predicted molar refractivity (Wildman–Crippen MR) is 101 cm³/mol. The summed E-state index contributed by atoms with van der Waals surface area (Å²) >= 11 is 0. The first-order chi connectivity index (χ1) is 12.6. The lowest BCUT2D eigenvalue weighted by atomic mass is 10.2. The summed E-state index contributed by atoms with van der Waals surface area (Å²) in [5.74, 6) is -1.99. The Morgan fingerprint density at radius 1 is 1.15 bits per heavy atom. The number of hydrogen-bond acceptors (Lipinski definition) is 4. The van der Waals surface area contributed by atoms with Gasteiger partial charge in [0.05, 0.1) is 4.90 Å². The van der Waals surface area contributed by atoms with E-state index in [1.54, 1.807) is 33.5 Å². The molecule has 27 heavy (non-hydrogen) atoms. The minimum atomic E-state index is -1.40. The SMILES string of the molecule is C=C(F)C(=O)Nc1ccc(S(=O)N2CCN(C(=O)OC(C)(C)C)CC2)cc1. The molecule has 2 rings (SSSR count).